The summed E-state index contributed by atoms with van der Waals surface area (Å²) in [4.78, 5) is 18.3. The molecule has 0 bridgehead atoms. The number of piperidine rings is 2. The Morgan fingerprint density at radius 2 is 1.57 bits per heavy atom. The molecule has 30 heavy (non-hydrogen) atoms. The Balaban J connectivity index is 1.27. The summed E-state index contributed by atoms with van der Waals surface area (Å²) in [6.07, 6.45) is 4.72. The molecule has 0 spiro atoms. The molecule has 162 valence electrons. The highest BCUT2D eigenvalue weighted by atomic mass is 32.1. The van der Waals surface area contributed by atoms with Gasteiger partial charge in [0.05, 0.1) is 11.5 Å². The molecule has 0 unspecified atom stereocenters. The molecule has 6 heteroatoms. The molecule has 2 aliphatic rings. The number of carbonyl (C=O) groups excluding carboxylic acids is 1. The molecule has 2 saturated heterocycles. The van der Waals surface area contributed by atoms with Crippen LogP contribution in [0.3, 0.4) is 0 Å². The Kier molecular flexibility index (Phi) is 7.20. The van der Waals surface area contributed by atoms with Crippen LogP contribution in [0.4, 0.5) is 5.00 Å². The van der Waals surface area contributed by atoms with Crippen molar-refractivity contribution in [1.29, 1.82) is 0 Å². The lowest BCUT2D eigenvalue weighted by Crippen LogP contribution is -2.43. The number of benzene rings is 1. The van der Waals surface area contributed by atoms with Gasteiger partial charge >= 0.3 is 0 Å². The number of nitrogens with zero attached hydrogens (tertiary/aromatic N) is 2. The maximum atomic E-state index is 12.3. The number of nitrogens with one attached hydrogen (secondary N) is 2. The largest absolute Gasteiger partial charge is 0.317 e. The first kappa shape index (κ1) is 21.5. The summed E-state index contributed by atoms with van der Waals surface area (Å²) in [6, 6.07) is 13.6. The maximum absolute atomic E-state index is 12.3. The van der Waals surface area contributed by atoms with Crippen LogP contribution in [0.5, 0.6) is 0 Å². The molecule has 0 radical (unpaired) electrons. The quantitative estimate of drug-likeness (QED) is 0.737. The van der Waals surface area contributed by atoms with Crippen molar-refractivity contribution in [3.8, 4) is 10.4 Å². The highest BCUT2D eigenvalue weighted by molar-refractivity contribution is 7.19. The SMILES string of the molecule is CN1CCC(NCC(=O)Nc2ccc(-c3ccc(C4CCN(C)CC4)cc3)s2)CC1. The van der Waals surface area contributed by atoms with Crippen LogP contribution in [-0.4, -0.2) is 68.6 Å². The molecule has 0 aliphatic carbocycles. The van der Waals surface area contributed by atoms with Crippen molar-refractivity contribution in [3.05, 3.63) is 42.0 Å². The Hall–Kier alpha value is -1.73. The number of likely N-dealkylation sites (tertiary alicyclic amines) is 2. The summed E-state index contributed by atoms with van der Waals surface area (Å²) in [5, 5.41) is 7.37. The normalized spacial score (nSPS) is 19.8. The smallest absolute Gasteiger partial charge is 0.238 e. The maximum Gasteiger partial charge on any atom is 0.238 e. The van der Waals surface area contributed by atoms with E-state index in [1.807, 2.05) is 6.07 Å². The van der Waals surface area contributed by atoms with Crippen molar-refractivity contribution < 1.29 is 4.79 Å². The van der Waals surface area contributed by atoms with Crippen molar-refractivity contribution >= 4 is 22.2 Å². The lowest BCUT2D eigenvalue weighted by molar-refractivity contribution is -0.115. The molecule has 4 rings (SSSR count). The lowest BCUT2D eigenvalue weighted by atomic mass is 9.89. The average molecular weight is 427 g/mol. The fraction of sp³-hybridized carbons (Fsp3) is 0.542. The Morgan fingerprint density at radius 1 is 0.933 bits per heavy atom. The van der Waals surface area contributed by atoms with Gasteiger partial charge in [-0.2, -0.15) is 0 Å². The number of hydrogen-bond donors (Lipinski definition) is 2. The second-order valence-electron chi connectivity index (χ2n) is 8.87. The summed E-state index contributed by atoms with van der Waals surface area (Å²) in [5.41, 5.74) is 2.68. The van der Waals surface area contributed by atoms with E-state index in [-0.39, 0.29) is 5.91 Å². The average Bonchev–Trinajstić information content (AvgIpc) is 3.22. The number of thiophene rings is 1. The van der Waals surface area contributed by atoms with Gasteiger partial charge in [0.25, 0.3) is 0 Å². The van der Waals surface area contributed by atoms with Crippen molar-refractivity contribution in [2.75, 3.05) is 52.1 Å². The van der Waals surface area contributed by atoms with E-state index >= 15 is 0 Å². The van der Waals surface area contributed by atoms with Crippen molar-refractivity contribution in [3.63, 3.8) is 0 Å². The molecule has 0 atom stereocenters. The summed E-state index contributed by atoms with van der Waals surface area (Å²) in [5.74, 6) is 0.727. The molecule has 5 nitrogen and oxygen atoms in total. The third-order valence-electron chi connectivity index (χ3n) is 6.52. The van der Waals surface area contributed by atoms with E-state index in [1.165, 1.54) is 41.9 Å². The molecule has 1 aromatic heterocycles. The van der Waals surface area contributed by atoms with Crippen molar-refractivity contribution in [1.82, 2.24) is 15.1 Å². The Labute approximate surface area is 184 Å². The summed E-state index contributed by atoms with van der Waals surface area (Å²) >= 11 is 1.64. The number of anilines is 1. The monoisotopic (exact) mass is 426 g/mol. The molecule has 2 fully saturated rings. The zero-order valence-electron chi connectivity index (χ0n) is 18.2. The number of rotatable bonds is 6. The van der Waals surface area contributed by atoms with E-state index in [9.17, 15) is 4.79 Å². The minimum atomic E-state index is 0.0416. The van der Waals surface area contributed by atoms with E-state index in [1.54, 1.807) is 11.3 Å². The van der Waals surface area contributed by atoms with Gasteiger partial charge in [-0.3, -0.25) is 4.79 Å². The predicted molar refractivity (Wildman–Crippen MR) is 126 cm³/mol. The van der Waals surface area contributed by atoms with Crippen LogP contribution < -0.4 is 10.6 Å². The van der Waals surface area contributed by atoms with Crippen LogP contribution in [0.1, 0.15) is 37.2 Å². The van der Waals surface area contributed by atoms with Gasteiger partial charge in [0.15, 0.2) is 0 Å². The molecule has 2 aromatic rings. The van der Waals surface area contributed by atoms with Gasteiger partial charge < -0.3 is 20.4 Å². The third kappa shape index (κ3) is 5.70. The van der Waals surface area contributed by atoms with Gasteiger partial charge in [-0.25, -0.2) is 0 Å². The van der Waals surface area contributed by atoms with E-state index < -0.39 is 0 Å². The highest BCUT2D eigenvalue weighted by Gasteiger charge is 2.19. The molecule has 1 amide bonds. The number of hydrogen-bond acceptors (Lipinski definition) is 5. The first-order valence-electron chi connectivity index (χ1n) is 11.2. The van der Waals surface area contributed by atoms with Crippen molar-refractivity contribution in [2.45, 2.75) is 37.6 Å². The summed E-state index contributed by atoms with van der Waals surface area (Å²) < 4.78 is 0. The van der Waals surface area contributed by atoms with Gasteiger partial charge in [-0.05, 0) is 95.1 Å². The zero-order chi connectivity index (χ0) is 20.9. The second-order valence-corrected chi connectivity index (χ2v) is 9.95. The summed E-state index contributed by atoms with van der Waals surface area (Å²) in [7, 11) is 4.36. The van der Waals surface area contributed by atoms with E-state index in [0.717, 1.165) is 30.9 Å². The molecule has 3 heterocycles. The molecule has 2 N–H and O–H groups in total. The standard InChI is InChI=1S/C24H34N4OS/c1-27-13-9-19(10-14-27)18-3-5-20(6-4-18)22-7-8-24(30-22)26-23(29)17-25-21-11-15-28(2)16-12-21/h3-8,19,21,25H,9-17H2,1-2H3,(H,26,29). The van der Waals surface area contributed by atoms with Gasteiger partial charge in [0.1, 0.15) is 0 Å². The van der Waals surface area contributed by atoms with Crippen LogP contribution in [0.15, 0.2) is 36.4 Å². The Morgan fingerprint density at radius 3 is 2.23 bits per heavy atom. The van der Waals surface area contributed by atoms with Crippen LogP contribution >= 0.6 is 11.3 Å². The fourth-order valence-electron chi connectivity index (χ4n) is 4.45. The van der Waals surface area contributed by atoms with Crippen LogP contribution in [0.2, 0.25) is 0 Å². The predicted octanol–water partition coefficient (Wildman–Crippen LogP) is 3.85. The van der Waals surface area contributed by atoms with Crippen molar-refractivity contribution in [2.24, 2.45) is 0 Å². The van der Waals surface area contributed by atoms with E-state index in [0.29, 0.717) is 18.5 Å². The second kappa shape index (κ2) is 10.1. The minimum absolute atomic E-state index is 0.0416. The van der Waals surface area contributed by atoms with Gasteiger partial charge in [0, 0.05) is 10.9 Å². The number of carbonyl (C=O) groups is 1. The minimum Gasteiger partial charge on any atom is -0.317 e. The Bertz CT molecular complexity index is 818. The molecular weight excluding hydrogens is 392 g/mol. The first-order chi connectivity index (χ1) is 14.6. The van der Waals surface area contributed by atoms with E-state index in [4.69, 9.17) is 0 Å². The lowest BCUT2D eigenvalue weighted by Gasteiger charge is -2.29. The molecule has 0 saturated carbocycles. The van der Waals surface area contributed by atoms with E-state index in [2.05, 4.69) is 64.9 Å². The van der Waals surface area contributed by atoms with Crippen LogP contribution in [-0.2, 0) is 4.79 Å². The molecular formula is C24H34N4OS. The number of amides is 1. The fourth-order valence-corrected chi connectivity index (χ4v) is 5.38. The first-order valence-corrected chi connectivity index (χ1v) is 12.0. The van der Waals surface area contributed by atoms with Gasteiger partial charge in [-0.1, -0.05) is 24.3 Å². The van der Waals surface area contributed by atoms with Crippen LogP contribution in [0, 0.1) is 0 Å². The molecule has 2 aliphatic heterocycles. The van der Waals surface area contributed by atoms with Gasteiger partial charge in [0.2, 0.25) is 5.91 Å². The van der Waals surface area contributed by atoms with Gasteiger partial charge in [-0.15, -0.1) is 11.3 Å². The van der Waals surface area contributed by atoms with Crippen LogP contribution in [0.25, 0.3) is 10.4 Å². The molecule has 1 aromatic carbocycles. The zero-order valence-corrected chi connectivity index (χ0v) is 19.0. The summed E-state index contributed by atoms with van der Waals surface area (Å²) in [6.45, 7) is 4.96. The topological polar surface area (TPSA) is 47.6 Å². The highest BCUT2D eigenvalue weighted by Crippen LogP contribution is 2.33. The third-order valence-corrected chi connectivity index (χ3v) is 7.57.